The van der Waals surface area contributed by atoms with E-state index in [1.165, 1.54) is 44.2 Å². The van der Waals surface area contributed by atoms with Crippen molar-refractivity contribution in [2.24, 2.45) is 11.8 Å². The summed E-state index contributed by atoms with van der Waals surface area (Å²) in [7, 11) is 0. The maximum atomic E-state index is 11.6. The summed E-state index contributed by atoms with van der Waals surface area (Å²) >= 11 is 0. The van der Waals surface area contributed by atoms with Crippen LogP contribution in [0.1, 0.15) is 43.2 Å². The minimum Gasteiger partial charge on any atom is -0.296 e. The molecular weight excluding hydrogens is 262 g/mol. The minimum atomic E-state index is -0.125. The molecule has 3 N–H and O–H groups in total. The van der Waals surface area contributed by atoms with Crippen LogP contribution in [0.15, 0.2) is 24.3 Å². The first-order chi connectivity index (χ1) is 10.3. The smallest absolute Gasteiger partial charge is 0.238 e. The lowest BCUT2D eigenvalue weighted by Crippen LogP contribution is -2.42. The van der Waals surface area contributed by atoms with Crippen molar-refractivity contribution in [1.29, 1.82) is 0 Å². The molecule has 0 bridgehead atoms. The number of amides is 1. The van der Waals surface area contributed by atoms with Gasteiger partial charge in [0, 0.05) is 12.6 Å². The van der Waals surface area contributed by atoms with Crippen molar-refractivity contribution in [1.82, 2.24) is 10.3 Å². The number of hydrogen-bond donors (Lipinski definition) is 2. The molecule has 2 fully saturated rings. The van der Waals surface area contributed by atoms with Crippen LogP contribution in [0.5, 0.6) is 0 Å². The SMILES string of the molecule is NNC(=O)Cc1ccccc1CN1CCCC2CCCC21. The zero-order valence-electron chi connectivity index (χ0n) is 12.6. The molecule has 2 unspecified atom stereocenters. The number of carbonyl (C=O) groups is 1. The molecule has 3 rings (SSSR count). The lowest BCUT2D eigenvalue weighted by Gasteiger charge is -2.38. The zero-order chi connectivity index (χ0) is 14.7. The van der Waals surface area contributed by atoms with Crippen molar-refractivity contribution >= 4 is 5.91 Å². The summed E-state index contributed by atoms with van der Waals surface area (Å²) in [5, 5.41) is 0. The molecule has 1 aliphatic heterocycles. The van der Waals surface area contributed by atoms with E-state index in [2.05, 4.69) is 22.5 Å². The molecule has 114 valence electrons. The highest BCUT2D eigenvalue weighted by molar-refractivity contribution is 5.78. The Balaban J connectivity index is 1.73. The van der Waals surface area contributed by atoms with Gasteiger partial charge >= 0.3 is 0 Å². The standard InChI is InChI=1S/C17H25N3O/c18-19-17(21)11-14-5-1-2-6-15(14)12-20-10-4-8-13-7-3-9-16(13)20/h1-2,5-6,13,16H,3-4,7-12,18H2,(H,19,21). The molecule has 0 aromatic heterocycles. The zero-order valence-corrected chi connectivity index (χ0v) is 12.6. The number of hydrazine groups is 1. The van der Waals surface area contributed by atoms with Gasteiger partial charge in [-0.3, -0.25) is 15.1 Å². The van der Waals surface area contributed by atoms with E-state index < -0.39 is 0 Å². The van der Waals surface area contributed by atoms with Gasteiger partial charge in [-0.25, -0.2) is 5.84 Å². The van der Waals surface area contributed by atoms with Gasteiger partial charge in [0.2, 0.25) is 5.91 Å². The molecule has 1 saturated carbocycles. The van der Waals surface area contributed by atoms with E-state index in [0.717, 1.165) is 24.1 Å². The number of likely N-dealkylation sites (tertiary alicyclic amines) is 1. The third-order valence-electron chi connectivity index (χ3n) is 5.11. The molecule has 21 heavy (non-hydrogen) atoms. The van der Waals surface area contributed by atoms with Gasteiger partial charge in [-0.15, -0.1) is 0 Å². The second kappa shape index (κ2) is 6.58. The molecule has 2 atom stereocenters. The summed E-state index contributed by atoms with van der Waals surface area (Å²) in [4.78, 5) is 14.2. The van der Waals surface area contributed by atoms with Crippen LogP contribution in [0, 0.1) is 5.92 Å². The number of benzene rings is 1. The summed E-state index contributed by atoms with van der Waals surface area (Å²) in [6, 6.07) is 9.01. The van der Waals surface area contributed by atoms with Crippen molar-refractivity contribution in [2.75, 3.05) is 6.54 Å². The molecule has 2 aliphatic rings. The summed E-state index contributed by atoms with van der Waals surface area (Å²) in [6.07, 6.45) is 7.21. The largest absolute Gasteiger partial charge is 0.296 e. The fourth-order valence-corrected chi connectivity index (χ4v) is 4.08. The Morgan fingerprint density at radius 3 is 2.76 bits per heavy atom. The second-order valence-corrected chi connectivity index (χ2v) is 6.38. The van der Waals surface area contributed by atoms with Crippen molar-refractivity contribution in [3.63, 3.8) is 0 Å². The maximum absolute atomic E-state index is 11.6. The van der Waals surface area contributed by atoms with Gasteiger partial charge in [0.05, 0.1) is 6.42 Å². The number of nitrogens with one attached hydrogen (secondary N) is 1. The van der Waals surface area contributed by atoms with Crippen LogP contribution in [0.2, 0.25) is 0 Å². The number of piperidine rings is 1. The van der Waals surface area contributed by atoms with Crippen molar-refractivity contribution in [3.05, 3.63) is 35.4 Å². The Hall–Kier alpha value is -1.39. The third kappa shape index (κ3) is 3.27. The number of nitrogens with two attached hydrogens (primary N) is 1. The summed E-state index contributed by atoms with van der Waals surface area (Å²) < 4.78 is 0. The first-order valence-corrected chi connectivity index (χ1v) is 8.08. The van der Waals surface area contributed by atoms with Gasteiger partial charge in [0.1, 0.15) is 0 Å². The van der Waals surface area contributed by atoms with Gasteiger partial charge in [0.15, 0.2) is 0 Å². The summed E-state index contributed by atoms with van der Waals surface area (Å²) in [5.41, 5.74) is 4.60. The molecule has 1 saturated heterocycles. The van der Waals surface area contributed by atoms with E-state index in [9.17, 15) is 4.79 Å². The van der Waals surface area contributed by atoms with Gasteiger partial charge in [-0.05, 0) is 49.3 Å². The lowest BCUT2D eigenvalue weighted by molar-refractivity contribution is -0.120. The summed E-state index contributed by atoms with van der Waals surface area (Å²) in [6.45, 7) is 2.16. The normalized spacial score (nSPS) is 25.6. The van der Waals surface area contributed by atoms with Gasteiger partial charge < -0.3 is 0 Å². The van der Waals surface area contributed by atoms with Crippen molar-refractivity contribution in [3.8, 4) is 0 Å². The first kappa shape index (κ1) is 14.5. The van der Waals surface area contributed by atoms with E-state index in [1.807, 2.05) is 12.1 Å². The molecule has 4 heteroatoms. The third-order valence-corrected chi connectivity index (χ3v) is 5.11. The van der Waals surface area contributed by atoms with Crippen LogP contribution in [-0.2, 0) is 17.8 Å². The molecule has 4 nitrogen and oxygen atoms in total. The van der Waals surface area contributed by atoms with E-state index >= 15 is 0 Å². The number of carbonyl (C=O) groups excluding carboxylic acids is 1. The molecule has 1 aliphatic carbocycles. The number of fused-ring (bicyclic) bond motifs is 1. The fraction of sp³-hybridized carbons (Fsp3) is 0.588. The van der Waals surface area contributed by atoms with E-state index in [-0.39, 0.29) is 5.91 Å². The topological polar surface area (TPSA) is 58.4 Å². The Morgan fingerprint density at radius 2 is 1.95 bits per heavy atom. The molecule has 0 radical (unpaired) electrons. The average Bonchev–Trinajstić information content (AvgIpc) is 2.98. The predicted molar refractivity (Wildman–Crippen MR) is 83.2 cm³/mol. The summed E-state index contributed by atoms with van der Waals surface area (Å²) in [5.74, 6) is 5.99. The fourth-order valence-electron chi connectivity index (χ4n) is 4.08. The Morgan fingerprint density at radius 1 is 1.19 bits per heavy atom. The van der Waals surface area contributed by atoms with E-state index in [1.54, 1.807) is 0 Å². The van der Waals surface area contributed by atoms with Crippen molar-refractivity contribution < 1.29 is 4.79 Å². The highest BCUT2D eigenvalue weighted by atomic mass is 16.2. The van der Waals surface area contributed by atoms with Gasteiger partial charge in [-0.2, -0.15) is 0 Å². The molecule has 1 aromatic rings. The lowest BCUT2D eigenvalue weighted by atomic mass is 9.91. The molecule has 1 heterocycles. The quantitative estimate of drug-likeness (QED) is 0.506. The van der Waals surface area contributed by atoms with Crippen molar-refractivity contribution in [2.45, 2.75) is 51.1 Å². The highest BCUT2D eigenvalue weighted by Gasteiger charge is 2.34. The van der Waals surface area contributed by atoms with Gasteiger partial charge in [0.25, 0.3) is 0 Å². The Labute approximate surface area is 126 Å². The van der Waals surface area contributed by atoms with Crippen LogP contribution in [0.4, 0.5) is 0 Å². The molecule has 1 amide bonds. The first-order valence-electron chi connectivity index (χ1n) is 8.08. The predicted octanol–water partition coefficient (Wildman–Crippen LogP) is 1.98. The molecular formula is C17H25N3O. The Kier molecular flexibility index (Phi) is 4.56. The minimum absolute atomic E-state index is 0.125. The maximum Gasteiger partial charge on any atom is 0.238 e. The van der Waals surface area contributed by atoms with Crippen LogP contribution >= 0.6 is 0 Å². The monoisotopic (exact) mass is 287 g/mol. The second-order valence-electron chi connectivity index (χ2n) is 6.38. The molecule has 1 aromatic carbocycles. The highest BCUT2D eigenvalue weighted by Crippen LogP contribution is 2.37. The van der Waals surface area contributed by atoms with Gasteiger partial charge in [-0.1, -0.05) is 30.7 Å². The Bertz CT molecular complexity index is 503. The number of rotatable bonds is 4. The van der Waals surface area contributed by atoms with Crippen LogP contribution < -0.4 is 11.3 Å². The molecule has 0 spiro atoms. The number of hydrogen-bond acceptors (Lipinski definition) is 3. The van der Waals surface area contributed by atoms with E-state index in [4.69, 9.17) is 5.84 Å². The van der Waals surface area contributed by atoms with E-state index in [0.29, 0.717) is 6.42 Å². The van der Waals surface area contributed by atoms with Crippen LogP contribution in [0.25, 0.3) is 0 Å². The van der Waals surface area contributed by atoms with Crippen LogP contribution in [0.3, 0.4) is 0 Å². The average molecular weight is 287 g/mol. The van der Waals surface area contributed by atoms with Crippen LogP contribution in [-0.4, -0.2) is 23.4 Å². The number of nitrogens with zero attached hydrogens (tertiary/aromatic N) is 1.